The number of fused-ring (bicyclic) bond motifs is 1. The summed E-state index contributed by atoms with van der Waals surface area (Å²) in [4.78, 5) is 11.5. The molecule has 1 aliphatic rings. The number of carbonyl (C=O) groups excluding carboxylic acids is 1. The van der Waals surface area contributed by atoms with Crippen LogP contribution in [0, 0.1) is 0 Å². The first-order valence-corrected chi connectivity index (χ1v) is 11.7. The number of primary amides is 1. The molecule has 160 valence electrons. The minimum absolute atomic E-state index is 0.0848. The molecule has 1 heterocycles. The molecule has 0 saturated heterocycles. The van der Waals surface area contributed by atoms with Crippen molar-refractivity contribution in [1.29, 1.82) is 0 Å². The molecule has 0 bridgehead atoms. The first kappa shape index (κ1) is 21.1. The highest BCUT2D eigenvalue weighted by Gasteiger charge is 2.37. The number of carbonyl (C=O) groups is 1. The predicted molar refractivity (Wildman–Crippen MR) is 120 cm³/mol. The van der Waals surface area contributed by atoms with Gasteiger partial charge in [0, 0.05) is 12.1 Å². The second kappa shape index (κ2) is 8.91. The van der Waals surface area contributed by atoms with Gasteiger partial charge in [0.15, 0.2) is 6.23 Å². The molecule has 0 saturated carbocycles. The lowest BCUT2D eigenvalue weighted by atomic mass is 10.00. The Labute approximate surface area is 182 Å². The molecule has 0 radical (unpaired) electrons. The van der Waals surface area contributed by atoms with E-state index in [1.165, 1.54) is 4.31 Å². The van der Waals surface area contributed by atoms with Crippen LogP contribution in [0.1, 0.15) is 22.9 Å². The smallest absolute Gasteiger partial charge is 0.406 e. The second-order valence-corrected chi connectivity index (χ2v) is 9.52. The number of ether oxygens (including phenoxy) is 1. The number of benzene rings is 3. The van der Waals surface area contributed by atoms with Crippen LogP contribution in [0.2, 0.25) is 0 Å². The molecular formula is C24H24N2O4S. The number of hydrogen-bond donors (Lipinski definition) is 1. The standard InChI is InChI=1S/C24H24N2O4S/c25-24(27)30-23-22-9-5-4-8-21(22)14-16-26(23)31(28,29)17-15-18-10-12-20(13-11-18)19-6-2-1-3-7-19/h1-13,23H,14-17H2,(H2,25,27)/t23-/m0/s1. The van der Waals surface area contributed by atoms with Crippen LogP contribution in [0.25, 0.3) is 11.1 Å². The van der Waals surface area contributed by atoms with Crippen molar-refractivity contribution in [1.82, 2.24) is 4.31 Å². The Hall–Kier alpha value is -3.16. The number of aryl methyl sites for hydroxylation is 1. The average Bonchev–Trinajstić information content (AvgIpc) is 2.78. The summed E-state index contributed by atoms with van der Waals surface area (Å²) in [5.74, 6) is -0.0848. The number of rotatable bonds is 6. The maximum atomic E-state index is 13.1. The van der Waals surface area contributed by atoms with Gasteiger partial charge in [-0.05, 0) is 35.1 Å². The number of nitrogens with two attached hydrogens (primary N) is 1. The summed E-state index contributed by atoms with van der Waals surface area (Å²) in [6.07, 6.45) is -1.12. The summed E-state index contributed by atoms with van der Waals surface area (Å²) in [6.45, 7) is 0.240. The van der Waals surface area contributed by atoms with E-state index in [0.717, 1.165) is 22.3 Å². The minimum atomic E-state index is -3.68. The van der Waals surface area contributed by atoms with Gasteiger partial charge in [-0.3, -0.25) is 0 Å². The van der Waals surface area contributed by atoms with Crippen LogP contribution >= 0.6 is 0 Å². The molecule has 1 aliphatic heterocycles. The number of nitrogens with zero attached hydrogens (tertiary/aromatic N) is 1. The molecule has 7 heteroatoms. The Balaban J connectivity index is 1.50. The van der Waals surface area contributed by atoms with E-state index in [1.807, 2.05) is 66.7 Å². The highest BCUT2D eigenvalue weighted by molar-refractivity contribution is 7.89. The van der Waals surface area contributed by atoms with Crippen LogP contribution < -0.4 is 5.73 Å². The topological polar surface area (TPSA) is 89.7 Å². The molecule has 0 unspecified atom stereocenters. The van der Waals surface area contributed by atoms with Gasteiger partial charge in [-0.1, -0.05) is 78.9 Å². The lowest BCUT2D eigenvalue weighted by molar-refractivity contribution is 0.0295. The van der Waals surface area contributed by atoms with E-state index in [0.29, 0.717) is 18.4 Å². The van der Waals surface area contributed by atoms with Crippen molar-refractivity contribution < 1.29 is 17.9 Å². The fraction of sp³-hybridized carbons (Fsp3) is 0.208. The van der Waals surface area contributed by atoms with Crippen LogP contribution in [0.3, 0.4) is 0 Å². The van der Waals surface area contributed by atoms with Crippen molar-refractivity contribution in [3.05, 3.63) is 95.6 Å². The zero-order valence-corrected chi connectivity index (χ0v) is 17.8. The molecule has 0 aromatic heterocycles. The van der Waals surface area contributed by atoms with E-state index in [2.05, 4.69) is 0 Å². The van der Waals surface area contributed by atoms with E-state index in [-0.39, 0.29) is 12.3 Å². The van der Waals surface area contributed by atoms with E-state index in [9.17, 15) is 13.2 Å². The minimum Gasteiger partial charge on any atom is -0.425 e. The summed E-state index contributed by atoms with van der Waals surface area (Å²) in [6, 6.07) is 25.2. The van der Waals surface area contributed by atoms with E-state index in [1.54, 1.807) is 12.1 Å². The van der Waals surface area contributed by atoms with Gasteiger partial charge in [-0.2, -0.15) is 4.31 Å². The second-order valence-electron chi connectivity index (χ2n) is 7.48. The monoisotopic (exact) mass is 436 g/mol. The molecule has 1 atom stereocenters. The Kier molecular flexibility index (Phi) is 6.06. The molecule has 3 aromatic carbocycles. The van der Waals surface area contributed by atoms with Gasteiger partial charge < -0.3 is 10.5 Å². The fourth-order valence-electron chi connectivity index (χ4n) is 3.88. The lowest BCUT2D eigenvalue weighted by Crippen LogP contribution is -2.43. The van der Waals surface area contributed by atoms with Gasteiger partial charge in [0.2, 0.25) is 10.0 Å². The Morgan fingerprint density at radius 2 is 1.58 bits per heavy atom. The van der Waals surface area contributed by atoms with Gasteiger partial charge in [0.05, 0.1) is 5.75 Å². The van der Waals surface area contributed by atoms with Gasteiger partial charge in [0.25, 0.3) is 0 Å². The third kappa shape index (κ3) is 4.78. The molecule has 6 nitrogen and oxygen atoms in total. The Bertz CT molecular complexity index is 1160. The van der Waals surface area contributed by atoms with Crippen molar-refractivity contribution >= 4 is 16.1 Å². The van der Waals surface area contributed by atoms with Crippen LogP contribution in [-0.2, 0) is 27.6 Å². The summed E-state index contributed by atoms with van der Waals surface area (Å²) in [5.41, 5.74) is 9.96. The molecular weight excluding hydrogens is 412 g/mol. The predicted octanol–water partition coefficient (Wildman–Crippen LogP) is 3.88. The molecule has 3 aromatic rings. The van der Waals surface area contributed by atoms with Crippen molar-refractivity contribution in [3.8, 4) is 11.1 Å². The quantitative estimate of drug-likeness (QED) is 0.635. The van der Waals surface area contributed by atoms with Crippen molar-refractivity contribution in [2.75, 3.05) is 12.3 Å². The fourth-order valence-corrected chi connectivity index (χ4v) is 5.43. The first-order valence-electron chi connectivity index (χ1n) is 10.1. The lowest BCUT2D eigenvalue weighted by Gasteiger charge is -2.35. The molecule has 2 N–H and O–H groups in total. The average molecular weight is 437 g/mol. The summed E-state index contributed by atoms with van der Waals surface area (Å²) in [7, 11) is -3.68. The maximum absolute atomic E-state index is 13.1. The van der Waals surface area contributed by atoms with Crippen molar-refractivity contribution in [3.63, 3.8) is 0 Å². The summed E-state index contributed by atoms with van der Waals surface area (Å²) < 4.78 is 32.8. The number of hydrogen-bond acceptors (Lipinski definition) is 4. The largest absolute Gasteiger partial charge is 0.425 e. The van der Waals surface area contributed by atoms with Crippen LogP contribution in [0.5, 0.6) is 0 Å². The van der Waals surface area contributed by atoms with E-state index >= 15 is 0 Å². The SMILES string of the molecule is NC(=O)O[C@H]1c2ccccc2CCN1S(=O)(=O)CCc1ccc(-c2ccccc2)cc1. The van der Waals surface area contributed by atoms with Gasteiger partial charge >= 0.3 is 6.09 Å². The third-order valence-electron chi connectivity index (χ3n) is 5.48. The zero-order chi connectivity index (χ0) is 21.8. The highest BCUT2D eigenvalue weighted by Crippen LogP contribution is 2.33. The van der Waals surface area contributed by atoms with E-state index < -0.39 is 22.3 Å². The molecule has 0 aliphatic carbocycles. The summed E-state index contributed by atoms with van der Waals surface area (Å²) in [5, 5.41) is 0. The van der Waals surface area contributed by atoms with Crippen LogP contribution in [0.15, 0.2) is 78.9 Å². The van der Waals surface area contributed by atoms with Gasteiger partial charge in [-0.15, -0.1) is 0 Å². The third-order valence-corrected chi connectivity index (χ3v) is 7.29. The van der Waals surface area contributed by atoms with Gasteiger partial charge in [0.1, 0.15) is 0 Å². The summed E-state index contributed by atoms with van der Waals surface area (Å²) >= 11 is 0. The molecule has 4 rings (SSSR count). The molecule has 0 fully saturated rings. The molecule has 0 spiro atoms. The van der Waals surface area contributed by atoms with Crippen molar-refractivity contribution in [2.45, 2.75) is 19.1 Å². The zero-order valence-electron chi connectivity index (χ0n) is 17.0. The molecule has 1 amide bonds. The van der Waals surface area contributed by atoms with Crippen molar-refractivity contribution in [2.24, 2.45) is 5.73 Å². The van der Waals surface area contributed by atoms with Gasteiger partial charge in [-0.25, -0.2) is 13.2 Å². The first-order chi connectivity index (χ1) is 14.9. The number of sulfonamides is 1. The highest BCUT2D eigenvalue weighted by atomic mass is 32.2. The van der Waals surface area contributed by atoms with E-state index in [4.69, 9.17) is 10.5 Å². The molecule has 31 heavy (non-hydrogen) atoms. The Morgan fingerprint density at radius 3 is 2.29 bits per heavy atom. The normalized spacial score (nSPS) is 16.5. The maximum Gasteiger partial charge on any atom is 0.406 e. The Morgan fingerprint density at radius 1 is 0.935 bits per heavy atom. The van der Waals surface area contributed by atoms with Crippen LogP contribution in [0.4, 0.5) is 4.79 Å². The van der Waals surface area contributed by atoms with Crippen LogP contribution in [-0.4, -0.2) is 31.1 Å². The number of amides is 1.